The first-order valence-electron chi connectivity index (χ1n) is 6.58. The van der Waals surface area contributed by atoms with Crippen LogP contribution < -0.4 is 10.5 Å². The van der Waals surface area contributed by atoms with Crippen molar-refractivity contribution in [3.63, 3.8) is 0 Å². The predicted molar refractivity (Wildman–Crippen MR) is 81.6 cm³/mol. The first-order valence-corrected chi connectivity index (χ1v) is 7.56. The zero-order chi connectivity index (χ0) is 14.2. The van der Waals surface area contributed by atoms with Gasteiger partial charge < -0.3 is 10.5 Å². The van der Waals surface area contributed by atoms with Gasteiger partial charge in [-0.05, 0) is 54.9 Å². The molecule has 0 radical (unpaired) electrons. The van der Waals surface area contributed by atoms with E-state index >= 15 is 0 Å². The van der Waals surface area contributed by atoms with Crippen molar-refractivity contribution in [1.82, 2.24) is 0 Å². The number of hydrogen-bond donors (Lipinski definition) is 1. The van der Waals surface area contributed by atoms with E-state index in [1.807, 2.05) is 30.3 Å². The van der Waals surface area contributed by atoms with E-state index in [-0.39, 0.29) is 5.82 Å². The number of halogens is 1. The molecule has 20 heavy (non-hydrogen) atoms. The van der Waals surface area contributed by atoms with Crippen LogP contribution in [0.25, 0.3) is 0 Å². The fourth-order valence-electron chi connectivity index (χ4n) is 1.70. The van der Waals surface area contributed by atoms with Gasteiger partial charge >= 0.3 is 0 Å². The molecule has 0 saturated heterocycles. The molecule has 0 atom stereocenters. The molecule has 0 aromatic heterocycles. The van der Waals surface area contributed by atoms with Crippen molar-refractivity contribution in [2.24, 2.45) is 5.73 Å². The van der Waals surface area contributed by atoms with Crippen molar-refractivity contribution in [2.75, 3.05) is 13.2 Å². The molecule has 0 amide bonds. The first-order chi connectivity index (χ1) is 9.78. The van der Waals surface area contributed by atoms with Gasteiger partial charge in [-0.3, -0.25) is 0 Å². The molecule has 0 aliphatic heterocycles. The van der Waals surface area contributed by atoms with Crippen LogP contribution in [0.15, 0.2) is 53.4 Å². The Morgan fingerprint density at radius 2 is 1.90 bits per heavy atom. The summed E-state index contributed by atoms with van der Waals surface area (Å²) in [7, 11) is 0. The molecule has 0 aliphatic carbocycles. The number of nitrogens with two attached hydrogens (primary N) is 1. The minimum Gasteiger partial charge on any atom is -0.494 e. The molecular formula is C16H18FNOS. The number of rotatable bonds is 7. The number of hydrogen-bond acceptors (Lipinski definition) is 3. The third-order valence-corrected chi connectivity index (χ3v) is 3.82. The van der Waals surface area contributed by atoms with Gasteiger partial charge in [-0.25, -0.2) is 4.39 Å². The van der Waals surface area contributed by atoms with Crippen LogP contribution in [0.3, 0.4) is 0 Å². The lowest BCUT2D eigenvalue weighted by molar-refractivity contribution is 0.313. The summed E-state index contributed by atoms with van der Waals surface area (Å²) in [5.74, 6) is 1.42. The average Bonchev–Trinajstić information content (AvgIpc) is 2.47. The van der Waals surface area contributed by atoms with Crippen LogP contribution in [0.5, 0.6) is 5.75 Å². The molecule has 0 heterocycles. The molecule has 2 nitrogen and oxygen atoms in total. The van der Waals surface area contributed by atoms with E-state index < -0.39 is 0 Å². The van der Waals surface area contributed by atoms with Crippen molar-refractivity contribution >= 4 is 11.8 Å². The molecule has 4 heteroatoms. The van der Waals surface area contributed by atoms with Gasteiger partial charge in [0.25, 0.3) is 0 Å². The fraction of sp³-hybridized carbons (Fsp3) is 0.250. The van der Waals surface area contributed by atoms with E-state index in [2.05, 4.69) is 0 Å². The van der Waals surface area contributed by atoms with Gasteiger partial charge in [0.2, 0.25) is 0 Å². The highest BCUT2D eigenvalue weighted by Gasteiger charge is 1.99. The largest absolute Gasteiger partial charge is 0.494 e. The molecule has 0 saturated carbocycles. The molecule has 0 aliphatic rings. The minimum absolute atomic E-state index is 0.188. The maximum Gasteiger partial charge on any atom is 0.123 e. The second kappa shape index (κ2) is 7.92. The van der Waals surface area contributed by atoms with Crippen LogP contribution in [0.4, 0.5) is 4.39 Å². The summed E-state index contributed by atoms with van der Waals surface area (Å²) >= 11 is 1.68. The highest BCUT2D eigenvalue weighted by atomic mass is 32.2. The molecule has 106 valence electrons. The summed E-state index contributed by atoms with van der Waals surface area (Å²) in [6.45, 7) is 1.29. The lowest BCUT2D eigenvalue weighted by Gasteiger charge is -2.06. The monoisotopic (exact) mass is 291 g/mol. The maximum atomic E-state index is 13.1. The first kappa shape index (κ1) is 14.9. The molecule has 0 bridgehead atoms. The van der Waals surface area contributed by atoms with Gasteiger partial charge in [0.05, 0.1) is 6.61 Å². The van der Waals surface area contributed by atoms with Crippen molar-refractivity contribution in [1.29, 1.82) is 0 Å². The standard InChI is InChI=1S/C16H18FNOS/c17-14-4-1-3-13(11-14)12-20-16-7-5-15(6-8-16)19-10-2-9-18/h1,3-8,11H,2,9-10,12,18H2. The van der Waals surface area contributed by atoms with E-state index in [0.717, 1.165) is 28.4 Å². The Balaban J connectivity index is 1.84. The average molecular weight is 291 g/mol. The van der Waals surface area contributed by atoms with E-state index in [4.69, 9.17) is 10.5 Å². The van der Waals surface area contributed by atoms with Gasteiger partial charge in [-0.1, -0.05) is 12.1 Å². The van der Waals surface area contributed by atoms with Crippen LogP contribution in [-0.2, 0) is 5.75 Å². The fourth-order valence-corrected chi connectivity index (χ4v) is 2.54. The van der Waals surface area contributed by atoms with E-state index in [1.165, 1.54) is 6.07 Å². The molecule has 0 unspecified atom stereocenters. The summed E-state index contributed by atoms with van der Waals surface area (Å²) in [5.41, 5.74) is 6.40. The third kappa shape index (κ3) is 4.87. The zero-order valence-corrected chi connectivity index (χ0v) is 12.0. The minimum atomic E-state index is -0.188. The smallest absolute Gasteiger partial charge is 0.123 e. The molecule has 0 spiro atoms. The zero-order valence-electron chi connectivity index (χ0n) is 11.2. The van der Waals surface area contributed by atoms with Gasteiger partial charge in [0, 0.05) is 10.6 Å². The Morgan fingerprint density at radius 3 is 2.60 bits per heavy atom. The van der Waals surface area contributed by atoms with E-state index in [1.54, 1.807) is 23.9 Å². The lowest BCUT2D eigenvalue weighted by Crippen LogP contribution is -2.05. The molecular weight excluding hydrogens is 273 g/mol. The molecule has 2 N–H and O–H groups in total. The normalized spacial score (nSPS) is 10.5. The van der Waals surface area contributed by atoms with Gasteiger partial charge in [0.1, 0.15) is 11.6 Å². The maximum absolute atomic E-state index is 13.1. The predicted octanol–water partition coefficient (Wildman–Crippen LogP) is 3.85. The molecule has 2 aromatic carbocycles. The van der Waals surface area contributed by atoms with Crippen molar-refractivity contribution in [3.8, 4) is 5.75 Å². The SMILES string of the molecule is NCCCOc1ccc(SCc2cccc(F)c2)cc1. The topological polar surface area (TPSA) is 35.2 Å². The van der Waals surface area contributed by atoms with Gasteiger partial charge in [-0.2, -0.15) is 0 Å². The summed E-state index contributed by atoms with van der Waals surface area (Å²) in [4.78, 5) is 1.14. The van der Waals surface area contributed by atoms with Crippen LogP contribution >= 0.6 is 11.8 Å². The number of thioether (sulfide) groups is 1. The Kier molecular flexibility index (Phi) is 5.89. The van der Waals surface area contributed by atoms with Crippen LogP contribution in [0, 0.1) is 5.82 Å². The van der Waals surface area contributed by atoms with Crippen LogP contribution in [0.2, 0.25) is 0 Å². The van der Waals surface area contributed by atoms with Gasteiger partial charge in [-0.15, -0.1) is 11.8 Å². The highest BCUT2D eigenvalue weighted by Crippen LogP contribution is 2.25. The summed E-state index contributed by atoms with van der Waals surface area (Å²) in [5, 5.41) is 0. The Bertz CT molecular complexity index is 530. The Labute approximate surface area is 123 Å². The second-order valence-electron chi connectivity index (χ2n) is 4.38. The van der Waals surface area contributed by atoms with E-state index in [9.17, 15) is 4.39 Å². The van der Waals surface area contributed by atoms with Gasteiger partial charge in [0.15, 0.2) is 0 Å². The quantitative estimate of drug-likeness (QED) is 0.622. The number of benzene rings is 2. The summed E-state index contributed by atoms with van der Waals surface area (Å²) in [6, 6.07) is 14.6. The molecule has 2 aromatic rings. The Morgan fingerprint density at radius 1 is 1.10 bits per heavy atom. The van der Waals surface area contributed by atoms with Crippen LogP contribution in [0.1, 0.15) is 12.0 Å². The summed E-state index contributed by atoms with van der Waals surface area (Å²) < 4.78 is 18.6. The lowest BCUT2D eigenvalue weighted by atomic mass is 10.2. The summed E-state index contributed by atoms with van der Waals surface area (Å²) in [6.07, 6.45) is 0.857. The third-order valence-electron chi connectivity index (χ3n) is 2.74. The number of ether oxygens (including phenoxy) is 1. The van der Waals surface area contributed by atoms with Crippen molar-refractivity contribution in [2.45, 2.75) is 17.1 Å². The second-order valence-corrected chi connectivity index (χ2v) is 5.43. The Hall–Kier alpha value is -1.52. The van der Waals surface area contributed by atoms with Crippen LogP contribution in [-0.4, -0.2) is 13.2 Å². The highest BCUT2D eigenvalue weighted by molar-refractivity contribution is 7.98. The van der Waals surface area contributed by atoms with Crippen molar-refractivity contribution in [3.05, 3.63) is 59.9 Å². The molecule has 0 fully saturated rings. The van der Waals surface area contributed by atoms with Crippen molar-refractivity contribution < 1.29 is 9.13 Å². The van der Waals surface area contributed by atoms with E-state index in [0.29, 0.717) is 13.2 Å². The molecule has 2 rings (SSSR count).